The highest BCUT2D eigenvalue weighted by Gasteiger charge is 2.40. The molecule has 0 bridgehead atoms. The summed E-state index contributed by atoms with van der Waals surface area (Å²) >= 11 is 0. The molecule has 1 saturated carbocycles. The molecule has 0 atom stereocenters. The fraction of sp³-hybridized carbons (Fsp3) is 0.846. The molecule has 1 heterocycles. The van der Waals surface area contributed by atoms with Gasteiger partial charge in [0.25, 0.3) is 0 Å². The fourth-order valence-electron chi connectivity index (χ4n) is 2.45. The number of hydrogen-bond donors (Lipinski definition) is 1. The number of piperidine rings is 1. The van der Waals surface area contributed by atoms with Crippen molar-refractivity contribution in [1.82, 2.24) is 10.2 Å². The van der Waals surface area contributed by atoms with Crippen molar-refractivity contribution >= 4 is 11.9 Å². The van der Waals surface area contributed by atoms with Crippen LogP contribution in [-0.2, 0) is 14.3 Å². The van der Waals surface area contributed by atoms with Gasteiger partial charge in [-0.05, 0) is 32.7 Å². The highest BCUT2D eigenvalue weighted by molar-refractivity contribution is 5.82. The van der Waals surface area contributed by atoms with E-state index in [4.69, 9.17) is 4.74 Å². The van der Waals surface area contributed by atoms with Crippen LogP contribution in [0.15, 0.2) is 0 Å². The Hall–Kier alpha value is -1.10. The Morgan fingerprint density at radius 2 is 1.94 bits per heavy atom. The van der Waals surface area contributed by atoms with E-state index >= 15 is 0 Å². The van der Waals surface area contributed by atoms with Crippen molar-refractivity contribution in [1.29, 1.82) is 0 Å². The number of amides is 1. The number of nitrogens with one attached hydrogen (secondary N) is 1. The predicted molar refractivity (Wildman–Crippen MR) is 67.0 cm³/mol. The molecule has 0 radical (unpaired) electrons. The monoisotopic (exact) mass is 254 g/mol. The highest BCUT2D eigenvalue weighted by Crippen LogP contribution is 2.32. The van der Waals surface area contributed by atoms with E-state index in [9.17, 15) is 9.59 Å². The van der Waals surface area contributed by atoms with E-state index in [1.807, 2.05) is 0 Å². The quantitative estimate of drug-likeness (QED) is 0.744. The Morgan fingerprint density at radius 3 is 2.44 bits per heavy atom. The van der Waals surface area contributed by atoms with Crippen molar-refractivity contribution in [2.24, 2.45) is 5.92 Å². The third kappa shape index (κ3) is 3.22. The van der Waals surface area contributed by atoms with Crippen LogP contribution in [0.5, 0.6) is 0 Å². The van der Waals surface area contributed by atoms with E-state index < -0.39 is 0 Å². The molecule has 0 aromatic carbocycles. The molecule has 1 aliphatic heterocycles. The normalized spacial score (nSPS) is 23.4. The molecule has 5 nitrogen and oxygen atoms in total. The van der Waals surface area contributed by atoms with Crippen LogP contribution < -0.4 is 5.32 Å². The van der Waals surface area contributed by atoms with E-state index in [2.05, 4.69) is 17.3 Å². The van der Waals surface area contributed by atoms with Gasteiger partial charge in [0.2, 0.25) is 5.91 Å². The molecule has 0 aromatic rings. The lowest BCUT2D eigenvalue weighted by molar-refractivity contribution is -0.143. The second kappa shape index (κ2) is 5.26. The number of nitrogens with zero attached hydrogens (tertiary/aromatic N) is 1. The number of ether oxygens (including phenoxy) is 1. The van der Waals surface area contributed by atoms with Crippen LogP contribution in [0.4, 0.5) is 0 Å². The molecule has 2 aliphatic rings. The number of hydrogen-bond acceptors (Lipinski definition) is 4. The zero-order valence-electron chi connectivity index (χ0n) is 11.2. The van der Waals surface area contributed by atoms with E-state index in [0.717, 1.165) is 38.8 Å². The smallest absolute Gasteiger partial charge is 0.307 e. The maximum Gasteiger partial charge on any atom is 0.307 e. The second-order valence-electron chi connectivity index (χ2n) is 5.60. The third-order valence-corrected chi connectivity index (χ3v) is 3.99. The maximum absolute atomic E-state index is 12.0. The first-order valence-electron chi connectivity index (χ1n) is 6.62. The van der Waals surface area contributed by atoms with Gasteiger partial charge in [-0.15, -0.1) is 0 Å². The highest BCUT2D eigenvalue weighted by atomic mass is 16.5. The Kier molecular flexibility index (Phi) is 3.90. The SMILES string of the molecule is COC(=O)CC1(NC(=O)C2CC2)CCN(C)CC1. The zero-order chi connectivity index (χ0) is 13.2. The lowest BCUT2D eigenvalue weighted by Crippen LogP contribution is -2.56. The van der Waals surface area contributed by atoms with Gasteiger partial charge in [-0.1, -0.05) is 0 Å². The van der Waals surface area contributed by atoms with Gasteiger partial charge in [0.1, 0.15) is 0 Å². The molecule has 2 fully saturated rings. The first-order valence-corrected chi connectivity index (χ1v) is 6.62. The molecule has 1 aliphatic carbocycles. The summed E-state index contributed by atoms with van der Waals surface area (Å²) in [5, 5.41) is 3.11. The third-order valence-electron chi connectivity index (χ3n) is 3.99. The molecule has 1 saturated heterocycles. The summed E-state index contributed by atoms with van der Waals surface area (Å²) in [6.45, 7) is 1.81. The van der Waals surface area contributed by atoms with Crippen LogP contribution in [0, 0.1) is 5.92 Å². The summed E-state index contributed by atoms with van der Waals surface area (Å²) in [6, 6.07) is 0. The van der Waals surface area contributed by atoms with E-state index in [-0.39, 0.29) is 29.8 Å². The summed E-state index contributed by atoms with van der Waals surface area (Å²) in [5.74, 6) is 0.0540. The molecular formula is C13H22N2O3. The Labute approximate surface area is 108 Å². The van der Waals surface area contributed by atoms with E-state index in [1.54, 1.807) is 0 Å². The fourth-order valence-corrected chi connectivity index (χ4v) is 2.45. The lowest BCUT2D eigenvalue weighted by Gasteiger charge is -2.40. The standard InChI is InChI=1S/C13H22N2O3/c1-15-7-5-13(6-8-15,9-11(16)18-2)14-12(17)10-3-4-10/h10H,3-9H2,1-2H3,(H,14,17). The summed E-state index contributed by atoms with van der Waals surface area (Å²) in [7, 11) is 3.46. The molecule has 2 rings (SSSR count). The number of esters is 1. The summed E-state index contributed by atoms with van der Waals surface area (Å²) < 4.78 is 4.76. The molecule has 1 N–H and O–H groups in total. The van der Waals surface area contributed by atoms with Crippen molar-refractivity contribution in [3.63, 3.8) is 0 Å². The van der Waals surface area contributed by atoms with E-state index in [0.29, 0.717) is 0 Å². The minimum absolute atomic E-state index is 0.114. The molecule has 5 heteroatoms. The van der Waals surface area contributed by atoms with Gasteiger partial charge < -0.3 is 15.0 Å². The first kappa shape index (κ1) is 13.3. The summed E-state index contributed by atoms with van der Waals surface area (Å²) in [4.78, 5) is 25.7. The molecule has 0 spiro atoms. The molecule has 0 aromatic heterocycles. The number of carbonyl (C=O) groups is 2. The van der Waals surface area contributed by atoms with Gasteiger partial charge in [-0.2, -0.15) is 0 Å². The van der Waals surface area contributed by atoms with Crippen molar-refractivity contribution < 1.29 is 14.3 Å². The van der Waals surface area contributed by atoms with Crippen LogP contribution >= 0.6 is 0 Å². The van der Waals surface area contributed by atoms with Gasteiger partial charge in [0, 0.05) is 19.0 Å². The Balaban J connectivity index is 2.01. The van der Waals surface area contributed by atoms with Crippen molar-refractivity contribution in [3.05, 3.63) is 0 Å². The molecule has 102 valence electrons. The van der Waals surface area contributed by atoms with Gasteiger partial charge in [-0.25, -0.2) is 0 Å². The van der Waals surface area contributed by atoms with Crippen LogP contribution in [0.25, 0.3) is 0 Å². The van der Waals surface area contributed by atoms with Gasteiger partial charge >= 0.3 is 5.97 Å². The average Bonchev–Trinajstić information content (AvgIpc) is 3.17. The molecule has 1 amide bonds. The Bertz CT molecular complexity index is 331. The molecular weight excluding hydrogens is 232 g/mol. The topological polar surface area (TPSA) is 58.6 Å². The summed E-state index contributed by atoms with van der Waals surface area (Å²) in [6.07, 6.45) is 3.89. The lowest BCUT2D eigenvalue weighted by atomic mass is 9.84. The largest absolute Gasteiger partial charge is 0.469 e. The van der Waals surface area contributed by atoms with Crippen molar-refractivity contribution in [2.75, 3.05) is 27.2 Å². The zero-order valence-corrected chi connectivity index (χ0v) is 11.2. The first-order chi connectivity index (χ1) is 8.54. The van der Waals surface area contributed by atoms with Crippen LogP contribution in [-0.4, -0.2) is 49.6 Å². The number of rotatable bonds is 4. The second-order valence-corrected chi connectivity index (χ2v) is 5.60. The minimum Gasteiger partial charge on any atom is -0.469 e. The van der Waals surface area contributed by atoms with Crippen molar-refractivity contribution in [2.45, 2.75) is 37.6 Å². The van der Waals surface area contributed by atoms with Crippen LogP contribution in [0.2, 0.25) is 0 Å². The van der Waals surface area contributed by atoms with Gasteiger partial charge in [-0.3, -0.25) is 9.59 Å². The number of carbonyl (C=O) groups excluding carboxylic acids is 2. The minimum atomic E-state index is -0.390. The molecule has 18 heavy (non-hydrogen) atoms. The summed E-state index contributed by atoms with van der Waals surface area (Å²) in [5.41, 5.74) is -0.390. The number of likely N-dealkylation sites (tertiary alicyclic amines) is 1. The van der Waals surface area contributed by atoms with Gasteiger partial charge in [0.05, 0.1) is 19.1 Å². The van der Waals surface area contributed by atoms with Crippen molar-refractivity contribution in [3.8, 4) is 0 Å². The van der Waals surface area contributed by atoms with Crippen LogP contribution in [0.1, 0.15) is 32.1 Å². The molecule has 0 unspecified atom stereocenters. The van der Waals surface area contributed by atoms with Crippen LogP contribution in [0.3, 0.4) is 0 Å². The van der Waals surface area contributed by atoms with Gasteiger partial charge in [0.15, 0.2) is 0 Å². The van der Waals surface area contributed by atoms with E-state index in [1.165, 1.54) is 7.11 Å². The predicted octanol–water partition coefficient (Wildman–Crippen LogP) is 0.540. The maximum atomic E-state index is 12.0. The Morgan fingerprint density at radius 1 is 1.33 bits per heavy atom. The average molecular weight is 254 g/mol. The number of methoxy groups -OCH3 is 1.